The van der Waals surface area contributed by atoms with E-state index in [9.17, 15) is 25.4 Å². The van der Waals surface area contributed by atoms with Crippen molar-refractivity contribution in [2.45, 2.75) is 37.6 Å². The highest BCUT2D eigenvalue weighted by atomic mass is 16.6. The van der Waals surface area contributed by atoms with Gasteiger partial charge in [0.15, 0.2) is 6.23 Å². The largest absolute Gasteiger partial charge is 0.394 e. The molecule has 1 aromatic rings. The molecule has 5 atom stereocenters. The number of anilines is 1. The SMILES string of the molecule is Cc1ccc(N[C@@H]2O[C@H](CO)[C@H](O)[C@H](O)[C@H]2O)c([N+](=O)[O-])c1. The van der Waals surface area contributed by atoms with Gasteiger partial charge in [0.2, 0.25) is 0 Å². The lowest BCUT2D eigenvalue weighted by Gasteiger charge is -2.40. The molecule has 1 fully saturated rings. The summed E-state index contributed by atoms with van der Waals surface area (Å²) < 4.78 is 5.26. The minimum absolute atomic E-state index is 0.0972. The van der Waals surface area contributed by atoms with Crippen molar-refractivity contribution < 1.29 is 30.1 Å². The summed E-state index contributed by atoms with van der Waals surface area (Å²) in [6.07, 6.45) is -6.84. The van der Waals surface area contributed by atoms with E-state index >= 15 is 0 Å². The molecule has 0 radical (unpaired) electrons. The molecule has 0 bridgehead atoms. The van der Waals surface area contributed by atoms with Crippen LogP contribution in [-0.2, 0) is 4.74 Å². The molecule has 1 aliphatic rings. The first kappa shape index (κ1) is 16.6. The average Bonchev–Trinajstić information content (AvgIpc) is 2.49. The van der Waals surface area contributed by atoms with Gasteiger partial charge in [-0.15, -0.1) is 0 Å². The summed E-state index contributed by atoms with van der Waals surface area (Å²) >= 11 is 0. The summed E-state index contributed by atoms with van der Waals surface area (Å²) in [5.74, 6) is 0. The Morgan fingerprint density at radius 2 is 1.95 bits per heavy atom. The van der Waals surface area contributed by atoms with Crippen LogP contribution in [0.5, 0.6) is 0 Å². The van der Waals surface area contributed by atoms with Gasteiger partial charge in [-0.25, -0.2) is 0 Å². The van der Waals surface area contributed by atoms with Gasteiger partial charge in [-0.1, -0.05) is 6.07 Å². The number of nitro benzene ring substituents is 1. The third-order valence-corrected chi connectivity index (χ3v) is 3.54. The second-order valence-electron chi connectivity index (χ2n) is 5.17. The van der Waals surface area contributed by atoms with E-state index in [2.05, 4.69) is 5.32 Å². The van der Waals surface area contributed by atoms with Gasteiger partial charge in [0.25, 0.3) is 5.69 Å². The van der Waals surface area contributed by atoms with E-state index in [1.807, 2.05) is 0 Å². The van der Waals surface area contributed by atoms with Crippen LogP contribution in [0.4, 0.5) is 11.4 Å². The van der Waals surface area contributed by atoms with E-state index in [4.69, 9.17) is 9.84 Å². The predicted molar refractivity (Wildman–Crippen MR) is 75.2 cm³/mol. The second kappa shape index (κ2) is 6.55. The summed E-state index contributed by atoms with van der Waals surface area (Å²) in [4.78, 5) is 10.5. The van der Waals surface area contributed by atoms with Crippen molar-refractivity contribution in [3.8, 4) is 0 Å². The highest BCUT2D eigenvalue weighted by Gasteiger charge is 2.43. The summed E-state index contributed by atoms with van der Waals surface area (Å²) in [5.41, 5.74) is 0.572. The second-order valence-corrected chi connectivity index (χ2v) is 5.17. The van der Waals surface area contributed by atoms with Crippen molar-refractivity contribution >= 4 is 11.4 Å². The van der Waals surface area contributed by atoms with E-state index < -0.39 is 42.2 Å². The molecule has 5 N–H and O–H groups in total. The molecule has 0 spiro atoms. The topological polar surface area (TPSA) is 145 Å². The monoisotopic (exact) mass is 314 g/mol. The Bertz CT molecular complexity index is 551. The zero-order valence-electron chi connectivity index (χ0n) is 11.8. The number of nitrogens with zero attached hydrogens (tertiary/aromatic N) is 1. The van der Waals surface area contributed by atoms with Crippen LogP contribution in [0.15, 0.2) is 18.2 Å². The maximum absolute atomic E-state index is 11.1. The molecule has 1 saturated heterocycles. The Balaban J connectivity index is 2.24. The maximum atomic E-state index is 11.1. The standard InChI is InChI=1S/C13H18N2O7/c1-6-2-3-7(8(4-6)15(20)21)14-13-12(19)11(18)10(17)9(5-16)22-13/h2-4,9-14,16-19H,5H2,1H3/t9-,10+,11+,12-,13-/m1/s1. The Morgan fingerprint density at radius 1 is 1.27 bits per heavy atom. The summed E-state index contributed by atoms with van der Waals surface area (Å²) in [7, 11) is 0. The highest BCUT2D eigenvalue weighted by molar-refractivity contribution is 5.62. The van der Waals surface area contributed by atoms with Gasteiger partial charge in [-0.05, 0) is 18.6 Å². The van der Waals surface area contributed by atoms with Crippen LogP contribution in [0, 0.1) is 17.0 Å². The molecule has 0 aromatic heterocycles. The molecule has 1 aromatic carbocycles. The van der Waals surface area contributed by atoms with Crippen molar-refractivity contribution in [3.63, 3.8) is 0 Å². The number of nitrogens with one attached hydrogen (secondary N) is 1. The minimum atomic E-state index is -1.55. The molecular formula is C13H18N2O7. The van der Waals surface area contributed by atoms with Crippen molar-refractivity contribution in [3.05, 3.63) is 33.9 Å². The zero-order valence-corrected chi connectivity index (χ0v) is 11.8. The number of aliphatic hydroxyl groups excluding tert-OH is 4. The number of hydrogen-bond acceptors (Lipinski definition) is 8. The molecule has 22 heavy (non-hydrogen) atoms. The highest BCUT2D eigenvalue weighted by Crippen LogP contribution is 2.29. The Hall–Kier alpha value is -1.78. The van der Waals surface area contributed by atoms with Crippen LogP contribution >= 0.6 is 0 Å². The third kappa shape index (κ3) is 3.18. The van der Waals surface area contributed by atoms with Gasteiger partial charge < -0.3 is 30.5 Å². The van der Waals surface area contributed by atoms with Crippen LogP contribution in [-0.4, -0.2) is 62.6 Å². The molecule has 9 heteroatoms. The Kier molecular flexibility index (Phi) is 4.94. The number of aliphatic hydroxyl groups is 4. The summed E-state index contributed by atoms with van der Waals surface area (Å²) in [6, 6.07) is 4.45. The van der Waals surface area contributed by atoms with Crippen LogP contribution in [0.25, 0.3) is 0 Å². The van der Waals surface area contributed by atoms with Gasteiger partial charge in [-0.3, -0.25) is 10.1 Å². The normalized spacial score (nSPS) is 31.8. The lowest BCUT2D eigenvalue weighted by atomic mass is 9.98. The average molecular weight is 314 g/mol. The van der Waals surface area contributed by atoms with Crippen LogP contribution in [0.1, 0.15) is 5.56 Å². The number of benzene rings is 1. The van der Waals surface area contributed by atoms with E-state index in [1.165, 1.54) is 12.1 Å². The first-order valence-electron chi connectivity index (χ1n) is 6.67. The number of ether oxygens (including phenoxy) is 1. The molecule has 2 rings (SSSR count). The molecule has 1 aliphatic heterocycles. The third-order valence-electron chi connectivity index (χ3n) is 3.54. The molecular weight excluding hydrogens is 296 g/mol. The van der Waals surface area contributed by atoms with Crippen LogP contribution < -0.4 is 5.32 Å². The molecule has 9 nitrogen and oxygen atoms in total. The Labute approximate surface area is 125 Å². The van der Waals surface area contributed by atoms with E-state index in [0.717, 1.165) is 0 Å². The van der Waals surface area contributed by atoms with Crippen molar-refractivity contribution in [1.82, 2.24) is 0 Å². The van der Waals surface area contributed by atoms with Crippen LogP contribution in [0.3, 0.4) is 0 Å². The van der Waals surface area contributed by atoms with Gasteiger partial charge in [0.05, 0.1) is 11.5 Å². The molecule has 0 aliphatic carbocycles. The lowest BCUT2D eigenvalue weighted by molar-refractivity contribution is -0.384. The first-order valence-corrected chi connectivity index (χ1v) is 6.67. The number of rotatable bonds is 4. The van der Waals surface area contributed by atoms with Crippen LogP contribution in [0.2, 0.25) is 0 Å². The zero-order chi connectivity index (χ0) is 16.4. The molecule has 0 amide bonds. The molecule has 122 valence electrons. The van der Waals surface area contributed by atoms with Crippen molar-refractivity contribution in [2.75, 3.05) is 11.9 Å². The quantitative estimate of drug-likeness (QED) is 0.355. The van der Waals surface area contributed by atoms with Gasteiger partial charge in [-0.2, -0.15) is 0 Å². The van der Waals surface area contributed by atoms with Crippen molar-refractivity contribution in [1.29, 1.82) is 0 Å². The fourth-order valence-corrected chi connectivity index (χ4v) is 2.29. The fraction of sp³-hybridized carbons (Fsp3) is 0.538. The van der Waals surface area contributed by atoms with Crippen molar-refractivity contribution in [2.24, 2.45) is 0 Å². The maximum Gasteiger partial charge on any atom is 0.292 e. The number of aryl methyl sites for hydroxylation is 1. The smallest absolute Gasteiger partial charge is 0.292 e. The van der Waals surface area contributed by atoms with E-state index in [-0.39, 0.29) is 11.4 Å². The van der Waals surface area contributed by atoms with Gasteiger partial charge in [0.1, 0.15) is 30.1 Å². The van der Waals surface area contributed by atoms with Gasteiger partial charge >= 0.3 is 0 Å². The minimum Gasteiger partial charge on any atom is -0.394 e. The summed E-state index contributed by atoms with van der Waals surface area (Å²) in [5, 5.41) is 52.1. The molecule has 0 saturated carbocycles. The lowest BCUT2D eigenvalue weighted by Crippen LogP contribution is -2.60. The first-order chi connectivity index (χ1) is 10.3. The van der Waals surface area contributed by atoms with E-state index in [1.54, 1.807) is 13.0 Å². The Morgan fingerprint density at radius 3 is 2.55 bits per heavy atom. The summed E-state index contributed by atoms with van der Waals surface area (Å²) in [6.45, 7) is 1.13. The fourth-order valence-electron chi connectivity index (χ4n) is 2.29. The molecule has 1 heterocycles. The predicted octanol–water partition coefficient (Wildman–Crippen LogP) is -0.885. The number of hydrogen-bond donors (Lipinski definition) is 5. The van der Waals surface area contributed by atoms with Gasteiger partial charge in [0, 0.05) is 6.07 Å². The molecule has 0 unspecified atom stereocenters. The van der Waals surface area contributed by atoms with E-state index in [0.29, 0.717) is 5.56 Å². The number of nitro groups is 1.